The van der Waals surface area contributed by atoms with Crippen LogP contribution in [0.2, 0.25) is 0 Å². The van der Waals surface area contributed by atoms with Gasteiger partial charge in [-0.15, -0.1) is 0 Å². The molecule has 2 N–H and O–H groups in total. The van der Waals surface area contributed by atoms with E-state index in [2.05, 4.69) is 4.72 Å². The Morgan fingerprint density at radius 2 is 2.12 bits per heavy atom. The number of nitrogens with one attached hydrogen (secondary N) is 1. The number of fused-ring (bicyclic) bond motifs is 1. The maximum absolute atomic E-state index is 11.7. The van der Waals surface area contributed by atoms with Crippen LogP contribution in [0.5, 0.6) is 0 Å². The fourth-order valence-electron chi connectivity index (χ4n) is 2.94. The predicted molar refractivity (Wildman–Crippen MR) is 56.9 cm³/mol. The Labute approximate surface area is 94.8 Å². The standard InChI is InChI=1S/C9H16N2O4S/c1-10-16(14,15)11-5-6-3-2-4-7(6)8(11)9(12)13/h6-8,10H,2-5H2,1H3,(H,12,13). The summed E-state index contributed by atoms with van der Waals surface area (Å²) in [6.07, 6.45) is 2.76. The average Bonchev–Trinajstić information content (AvgIpc) is 2.75. The summed E-state index contributed by atoms with van der Waals surface area (Å²) in [6, 6.07) is -0.884. The van der Waals surface area contributed by atoms with Crippen molar-refractivity contribution in [1.29, 1.82) is 0 Å². The number of hydrogen-bond donors (Lipinski definition) is 2. The van der Waals surface area contributed by atoms with E-state index in [1.807, 2.05) is 0 Å². The number of aliphatic carboxylic acids is 1. The van der Waals surface area contributed by atoms with Gasteiger partial charge >= 0.3 is 5.97 Å². The second kappa shape index (κ2) is 3.97. The summed E-state index contributed by atoms with van der Waals surface area (Å²) in [5.74, 6) is -0.835. The van der Waals surface area contributed by atoms with Crippen molar-refractivity contribution >= 4 is 16.2 Å². The van der Waals surface area contributed by atoms with Gasteiger partial charge in [-0.2, -0.15) is 12.7 Å². The van der Waals surface area contributed by atoms with Crippen molar-refractivity contribution in [3.63, 3.8) is 0 Å². The number of nitrogens with zero attached hydrogens (tertiary/aromatic N) is 1. The molecule has 2 fully saturated rings. The molecule has 3 unspecified atom stereocenters. The van der Waals surface area contributed by atoms with E-state index in [4.69, 9.17) is 5.11 Å². The topological polar surface area (TPSA) is 86.7 Å². The van der Waals surface area contributed by atoms with Crippen LogP contribution in [0.1, 0.15) is 19.3 Å². The van der Waals surface area contributed by atoms with E-state index >= 15 is 0 Å². The Hall–Kier alpha value is -0.660. The maximum atomic E-state index is 11.7. The average molecular weight is 248 g/mol. The highest BCUT2D eigenvalue weighted by Gasteiger charge is 2.51. The fraction of sp³-hybridized carbons (Fsp3) is 0.889. The normalized spacial score (nSPS) is 35.2. The van der Waals surface area contributed by atoms with Crippen LogP contribution in [-0.2, 0) is 15.0 Å². The van der Waals surface area contributed by atoms with Gasteiger partial charge in [0.1, 0.15) is 6.04 Å². The van der Waals surface area contributed by atoms with E-state index in [-0.39, 0.29) is 11.8 Å². The number of carbonyl (C=O) groups is 1. The zero-order valence-electron chi connectivity index (χ0n) is 9.09. The van der Waals surface area contributed by atoms with Crippen molar-refractivity contribution in [3.8, 4) is 0 Å². The summed E-state index contributed by atoms with van der Waals surface area (Å²) in [5.41, 5.74) is 0. The monoisotopic (exact) mass is 248 g/mol. The summed E-state index contributed by atoms with van der Waals surface area (Å²) in [6.45, 7) is 0.338. The molecule has 0 amide bonds. The first-order chi connectivity index (χ1) is 7.47. The molecule has 7 heteroatoms. The summed E-state index contributed by atoms with van der Waals surface area (Å²) >= 11 is 0. The summed E-state index contributed by atoms with van der Waals surface area (Å²) in [5, 5.41) is 9.16. The van der Waals surface area contributed by atoms with Gasteiger partial charge in [-0.1, -0.05) is 6.42 Å². The number of carboxylic acids is 1. The summed E-state index contributed by atoms with van der Waals surface area (Å²) in [4.78, 5) is 11.2. The third-order valence-corrected chi connectivity index (χ3v) is 5.18. The predicted octanol–water partition coefficient (Wildman–Crippen LogP) is -0.364. The highest BCUT2D eigenvalue weighted by atomic mass is 32.2. The first-order valence-corrected chi connectivity index (χ1v) is 6.84. The molecule has 1 heterocycles. The van der Waals surface area contributed by atoms with Crippen molar-refractivity contribution in [2.45, 2.75) is 25.3 Å². The first-order valence-electron chi connectivity index (χ1n) is 5.40. The van der Waals surface area contributed by atoms with Gasteiger partial charge in [0.25, 0.3) is 10.2 Å². The molecule has 2 aliphatic rings. The molecule has 0 aromatic rings. The van der Waals surface area contributed by atoms with Gasteiger partial charge < -0.3 is 5.11 Å². The smallest absolute Gasteiger partial charge is 0.322 e. The highest BCUT2D eigenvalue weighted by molar-refractivity contribution is 7.87. The first kappa shape index (κ1) is 11.8. The molecule has 1 aliphatic carbocycles. The molecule has 0 aromatic carbocycles. The minimum Gasteiger partial charge on any atom is -0.480 e. The van der Waals surface area contributed by atoms with Crippen LogP contribution in [0.25, 0.3) is 0 Å². The van der Waals surface area contributed by atoms with Gasteiger partial charge in [-0.05, 0) is 24.7 Å². The van der Waals surface area contributed by atoms with Crippen LogP contribution in [0.4, 0.5) is 0 Å². The van der Waals surface area contributed by atoms with E-state index in [1.165, 1.54) is 7.05 Å². The van der Waals surface area contributed by atoms with Crippen molar-refractivity contribution < 1.29 is 18.3 Å². The van der Waals surface area contributed by atoms with Gasteiger partial charge in [0.2, 0.25) is 0 Å². The van der Waals surface area contributed by atoms with Crippen LogP contribution in [0.3, 0.4) is 0 Å². The molecule has 16 heavy (non-hydrogen) atoms. The van der Waals surface area contributed by atoms with E-state index in [9.17, 15) is 13.2 Å². The Morgan fingerprint density at radius 1 is 1.44 bits per heavy atom. The minimum absolute atomic E-state index is 0.0133. The van der Waals surface area contributed by atoms with Gasteiger partial charge in [-0.25, -0.2) is 4.72 Å². The molecular formula is C9H16N2O4S. The fourth-order valence-corrected chi connectivity index (χ4v) is 4.11. The molecule has 6 nitrogen and oxygen atoms in total. The van der Waals surface area contributed by atoms with E-state index in [0.29, 0.717) is 6.54 Å². The number of rotatable bonds is 3. The van der Waals surface area contributed by atoms with Gasteiger partial charge in [0.05, 0.1) is 0 Å². The van der Waals surface area contributed by atoms with E-state index in [0.717, 1.165) is 23.6 Å². The quantitative estimate of drug-likeness (QED) is 0.714. The largest absolute Gasteiger partial charge is 0.480 e. The second-order valence-electron chi connectivity index (χ2n) is 4.42. The number of hydrogen-bond acceptors (Lipinski definition) is 3. The lowest BCUT2D eigenvalue weighted by molar-refractivity contribution is -0.142. The van der Waals surface area contributed by atoms with E-state index in [1.54, 1.807) is 0 Å². The molecule has 1 saturated heterocycles. The summed E-state index contributed by atoms with van der Waals surface area (Å²) < 4.78 is 26.7. The van der Waals surface area contributed by atoms with Crippen LogP contribution >= 0.6 is 0 Å². The third-order valence-electron chi connectivity index (χ3n) is 3.67. The Bertz CT molecular complexity index is 394. The maximum Gasteiger partial charge on any atom is 0.322 e. The summed E-state index contributed by atoms with van der Waals surface area (Å²) in [7, 11) is -2.32. The van der Waals surface area contributed by atoms with Gasteiger partial charge in [-0.3, -0.25) is 4.79 Å². The van der Waals surface area contributed by atoms with Crippen molar-refractivity contribution in [2.75, 3.05) is 13.6 Å². The lowest BCUT2D eigenvalue weighted by Gasteiger charge is -2.22. The van der Waals surface area contributed by atoms with Crippen LogP contribution in [0, 0.1) is 11.8 Å². The van der Waals surface area contributed by atoms with Crippen LogP contribution in [0.15, 0.2) is 0 Å². The third kappa shape index (κ3) is 1.72. The Morgan fingerprint density at radius 3 is 2.69 bits per heavy atom. The molecule has 0 bridgehead atoms. The molecule has 1 aliphatic heterocycles. The number of carboxylic acid groups (broad SMARTS) is 1. The van der Waals surface area contributed by atoms with Crippen molar-refractivity contribution in [3.05, 3.63) is 0 Å². The zero-order chi connectivity index (χ0) is 11.9. The molecule has 3 atom stereocenters. The highest BCUT2D eigenvalue weighted by Crippen LogP contribution is 2.42. The second-order valence-corrected chi connectivity index (χ2v) is 6.24. The molecule has 92 valence electrons. The lowest BCUT2D eigenvalue weighted by atomic mass is 9.94. The molecule has 0 radical (unpaired) electrons. The molecule has 0 aromatic heterocycles. The van der Waals surface area contributed by atoms with Crippen molar-refractivity contribution in [1.82, 2.24) is 9.03 Å². The minimum atomic E-state index is -3.63. The molecule has 0 spiro atoms. The van der Waals surface area contributed by atoms with Gasteiger partial charge in [0, 0.05) is 13.6 Å². The Balaban J connectivity index is 2.30. The SMILES string of the molecule is CNS(=O)(=O)N1CC2CCCC2C1C(=O)O. The van der Waals surface area contributed by atoms with E-state index < -0.39 is 22.2 Å². The van der Waals surface area contributed by atoms with Crippen LogP contribution in [-0.4, -0.2) is 43.4 Å². The molecule has 1 saturated carbocycles. The Kier molecular flexibility index (Phi) is 2.93. The van der Waals surface area contributed by atoms with Crippen molar-refractivity contribution in [2.24, 2.45) is 11.8 Å². The molecular weight excluding hydrogens is 232 g/mol. The van der Waals surface area contributed by atoms with Crippen LogP contribution < -0.4 is 4.72 Å². The van der Waals surface area contributed by atoms with Gasteiger partial charge in [0.15, 0.2) is 0 Å². The zero-order valence-corrected chi connectivity index (χ0v) is 9.90. The molecule has 2 rings (SSSR count). The lowest BCUT2D eigenvalue weighted by Crippen LogP contribution is -2.47.